The second kappa shape index (κ2) is 5.05. The van der Waals surface area contributed by atoms with Crippen LogP contribution in [0.5, 0.6) is 0 Å². The summed E-state index contributed by atoms with van der Waals surface area (Å²) in [5.41, 5.74) is 1.20. The Bertz CT molecular complexity index is 519. The molecule has 2 atom stereocenters. The van der Waals surface area contributed by atoms with E-state index in [1.54, 1.807) is 25.1 Å². The monoisotopic (exact) mass is 250 g/mol. The molecular formula is C12H14N2O4. The van der Waals surface area contributed by atoms with Gasteiger partial charge in [-0.2, -0.15) is 0 Å². The van der Waals surface area contributed by atoms with Crippen molar-refractivity contribution in [1.82, 2.24) is 10.3 Å². The molecule has 6 nitrogen and oxygen atoms in total. The van der Waals surface area contributed by atoms with Crippen molar-refractivity contribution in [2.75, 3.05) is 0 Å². The number of fused-ring (bicyclic) bond motifs is 1. The number of nitrogens with one attached hydrogen (secondary N) is 1. The van der Waals surface area contributed by atoms with Gasteiger partial charge in [0.05, 0.1) is 6.04 Å². The maximum atomic E-state index is 10.6. The lowest BCUT2D eigenvalue weighted by atomic mass is 10.1. The van der Waals surface area contributed by atoms with Crippen LogP contribution in [0.3, 0.4) is 0 Å². The van der Waals surface area contributed by atoms with Gasteiger partial charge >= 0.3 is 6.09 Å². The highest BCUT2D eigenvalue weighted by atomic mass is 16.4. The van der Waals surface area contributed by atoms with E-state index in [0.29, 0.717) is 17.5 Å². The lowest BCUT2D eigenvalue weighted by Gasteiger charge is -2.18. The van der Waals surface area contributed by atoms with Crippen molar-refractivity contribution in [3.05, 3.63) is 30.2 Å². The molecule has 1 aromatic carbocycles. The van der Waals surface area contributed by atoms with E-state index >= 15 is 0 Å². The number of carbonyl (C=O) groups is 1. The summed E-state index contributed by atoms with van der Waals surface area (Å²) in [6.07, 6.45) is -1.85. The number of hydrogen-bond acceptors (Lipinski definition) is 4. The minimum absolute atomic E-state index is 0.122. The predicted octanol–water partition coefficient (Wildman–Crippen LogP) is 1.91. The Morgan fingerprint density at radius 1 is 1.50 bits per heavy atom. The summed E-state index contributed by atoms with van der Waals surface area (Å²) in [4.78, 5) is 14.7. The highest BCUT2D eigenvalue weighted by Crippen LogP contribution is 2.23. The Kier molecular flexibility index (Phi) is 3.47. The number of para-hydroxylation sites is 2. The fraction of sp³-hybridized carbons (Fsp3) is 0.333. The van der Waals surface area contributed by atoms with E-state index in [1.807, 2.05) is 6.07 Å². The Morgan fingerprint density at radius 2 is 2.22 bits per heavy atom. The van der Waals surface area contributed by atoms with Crippen molar-refractivity contribution in [3.63, 3.8) is 0 Å². The van der Waals surface area contributed by atoms with Crippen molar-refractivity contribution >= 4 is 17.2 Å². The predicted molar refractivity (Wildman–Crippen MR) is 64.2 cm³/mol. The summed E-state index contributed by atoms with van der Waals surface area (Å²) in [7, 11) is 0. The summed E-state index contributed by atoms with van der Waals surface area (Å²) in [6.45, 7) is 1.77. The topological polar surface area (TPSA) is 95.6 Å². The number of oxazole rings is 1. The maximum Gasteiger partial charge on any atom is 0.404 e. The number of rotatable bonds is 4. The average molecular weight is 250 g/mol. The molecule has 1 heterocycles. The van der Waals surface area contributed by atoms with Crippen LogP contribution in [0, 0.1) is 0 Å². The third-order valence-corrected chi connectivity index (χ3v) is 2.69. The van der Waals surface area contributed by atoms with Crippen LogP contribution < -0.4 is 5.32 Å². The minimum atomic E-state index is -1.18. The molecule has 0 saturated heterocycles. The van der Waals surface area contributed by atoms with Crippen molar-refractivity contribution in [2.24, 2.45) is 0 Å². The van der Waals surface area contributed by atoms with Crippen molar-refractivity contribution in [3.8, 4) is 0 Å². The van der Waals surface area contributed by atoms with Crippen LogP contribution in [-0.2, 0) is 0 Å². The van der Waals surface area contributed by atoms with Crippen LogP contribution in [-0.4, -0.2) is 27.3 Å². The van der Waals surface area contributed by atoms with E-state index < -0.39 is 18.2 Å². The molecule has 1 unspecified atom stereocenters. The number of hydrogen-bond donors (Lipinski definition) is 3. The van der Waals surface area contributed by atoms with Crippen LogP contribution in [0.2, 0.25) is 0 Å². The molecule has 0 aliphatic heterocycles. The Balaban J connectivity index is 2.26. The molecule has 0 spiro atoms. The van der Waals surface area contributed by atoms with Gasteiger partial charge in [-0.15, -0.1) is 0 Å². The van der Waals surface area contributed by atoms with E-state index in [1.165, 1.54) is 0 Å². The zero-order valence-electron chi connectivity index (χ0n) is 9.83. The van der Waals surface area contributed by atoms with E-state index in [-0.39, 0.29) is 5.89 Å². The van der Waals surface area contributed by atoms with Crippen LogP contribution in [0.1, 0.15) is 25.3 Å². The molecule has 18 heavy (non-hydrogen) atoms. The maximum absolute atomic E-state index is 10.6. The van der Waals surface area contributed by atoms with Crippen LogP contribution in [0.4, 0.5) is 4.79 Å². The molecule has 96 valence electrons. The largest absolute Gasteiger partial charge is 0.465 e. The highest BCUT2D eigenvalue weighted by molar-refractivity contribution is 5.72. The van der Waals surface area contributed by atoms with Crippen molar-refractivity contribution in [2.45, 2.75) is 25.5 Å². The Hall–Kier alpha value is -2.08. The van der Waals surface area contributed by atoms with Crippen LogP contribution in [0.25, 0.3) is 11.1 Å². The standard InChI is InChI=1S/C12H14N2O4/c1-2-7(14-12(16)17)10(15)11-13-8-5-3-4-6-9(8)18-11/h3-7,10,14-15H,2H2,1H3,(H,16,17)/t7-,10?/m0/s1. The van der Waals surface area contributed by atoms with Gasteiger partial charge in [-0.05, 0) is 18.6 Å². The van der Waals surface area contributed by atoms with E-state index in [2.05, 4.69) is 10.3 Å². The molecule has 0 aliphatic rings. The van der Waals surface area contributed by atoms with E-state index in [4.69, 9.17) is 9.52 Å². The van der Waals surface area contributed by atoms with Gasteiger partial charge in [-0.1, -0.05) is 19.1 Å². The zero-order valence-corrected chi connectivity index (χ0v) is 9.83. The molecule has 0 fully saturated rings. The molecule has 6 heteroatoms. The number of amides is 1. The number of carboxylic acid groups (broad SMARTS) is 1. The van der Waals surface area contributed by atoms with Crippen molar-refractivity contribution in [1.29, 1.82) is 0 Å². The van der Waals surface area contributed by atoms with Crippen LogP contribution in [0.15, 0.2) is 28.7 Å². The Labute approximate surface area is 103 Å². The van der Waals surface area contributed by atoms with Gasteiger partial charge in [0.25, 0.3) is 0 Å². The molecule has 0 aliphatic carbocycles. The molecule has 0 radical (unpaired) electrons. The van der Waals surface area contributed by atoms with Gasteiger partial charge in [-0.3, -0.25) is 0 Å². The summed E-state index contributed by atoms with van der Waals surface area (Å²) in [5.74, 6) is 0.122. The number of aliphatic hydroxyl groups excluding tert-OH is 1. The number of nitrogens with zero attached hydrogens (tertiary/aromatic N) is 1. The molecule has 0 bridgehead atoms. The first-order valence-electron chi connectivity index (χ1n) is 5.64. The second-order valence-corrected chi connectivity index (χ2v) is 3.93. The first-order valence-corrected chi connectivity index (χ1v) is 5.64. The first kappa shape index (κ1) is 12.4. The molecule has 1 amide bonds. The second-order valence-electron chi connectivity index (χ2n) is 3.93. The molecule has 3 N–H and O–H groups in total. The van der Waals surface area contributed by atoms with Crippen LogP contribution >= 0.6 is 0 Å². The number of aliphatic hydroxyl groups is 1. The minimum Gasteiger partial charge on any atom is -0.465 e. The van der Waals surface area contributed by atoms with Gasteiger partial charge in [0.2, 0.25) is 5.89 Å². The quantitative estimate of drug-likeness (QED) is 0.770. The Morgan fingerprint density at radius 3 is 2.83 bits per heavy atom. The summed E-state index contributed by atoms with van der Waals surface area (Å²) in [5, 5.41) is 21.0. The summed E-state index contributed by atoms with van der Waals surface area (Å²) >= 11 is 0. The molecule has 2 aromatic rings. The van der Waals surface area contributed by atoms with Gasteiger partial charge in [0, 0.05) is 0 Å². The summed E-state index contributed by atoms with van der Waals surface area (Å²) in [6, 6.07) is 6.48. The number of aromatic nitrogens is 1. The van der Waals surface area contributed by atoms with E-state index in [0.717, 1.165) is 0 Å². The van der Waals surface area contributed by atoms with Gasteiger partial charge in [-0.25, -0.2) is 9.78 Å². The zero-order chi connectivity index (χ0) is 13.1. The first-order chi connectivity index (χ1) is 8.61. The van der Waals surface area contributed by atoms with Gasteiger partial charge in [0.1, 0.15) is 5.52 Å². The molecule has 1 aromatic heterocycles. The third-order valence-electron chi connectivity index (χ3n) is 2.69. The normalized spacial score (nSPS) is 14.3. The average Bonchev–Trinajstić information content (AvgIpc) is 2.78. The fourth-order valence-electron chi connectivity index (χ4n) is 1.75. The lowest BCUT2D eigenvalue weighted by molar-refractivity contribution is 0.0959. The molecule has 0 saturated carbocycles. The van der Waals surface area contributed by atoms with Crippen molar-refractivity contribution < 1.29 is 19.4 Å². The fourth-order valence-corrected chi connectivity index (χ4v) is 1.75. The SMILES string of the molecule is CC[C@H](NC(=O)O)C(O)c1nc2ccccc2o1. The summed E-state index contributed by atoms with van der Waals surface area (Å²) < 4.78 is 5.40. The van der Waals surface area contributed by atoms with Gasteiger partial charge in [0.15, 0.2) is 11.7 Å². The molecular weight excluding hydrogens is 236 g/mol. The van der Waals surface area contributed by atoms with E-state index in [9.17, 15) is 9.90 Å². The third kappa shape index (κ3) is 2.43. The number of benzene rings is 1. The smallest absolute Gasteiger partial charge is 0.404 e. The lowest BCUT2D eigenvalue weighted by Crippen LogP contribution is -2.38. The molecule has 2 rings (SSSR count). The van der Waals surface area contributed by atoms with Gasteiger partial charge < -0.3 is 19.9 Å². The highest BCUT2D eigenvalue weighted by Gasteiger charge is 2.25.